The number of hydrogen-bond acceptors (Lipinski definition) is 2. The number of nitrogens with zero attached hydrogens (tertiary/aromatic N) is 1. The molecule has 0 radical (unpaired) electrons. The normalized spacial score (nSPS) is 15.1. The van der Waals surface area contributed by atoms with Crippen LogP contribution in [0.3, 0.4) is 0 Å². The van der Waals surface area contributed by atoms with Crippen molar-refractivity contribution in [2.24, 2.45) is 0 Å². The third kappa shape index (κ3) is 3.01. The Bertz CT molecular complexity index is 384. The van der Waals surface area contributed by atoms with Gasteiger partial charge in [0.2, 0.25) is 0 Å². The van der Waals surface area contributed by atoms with E-state index in [4.69, 9.17) is 4.74 Å². The summed E-state index contributed by atoms with van der Waals surface area (Å²) in [6.07, 6.45) is 0. The molecule has 0 atom stereocenters. The third-order valence-electron chi connectivity index (χ3n) is 2.37. The van der Waals surface area contributed by atoms with Gasteiger partial charge in [-0.05, 0) is 40.8 Å². The van der Waals surface area contributed by atoms with Crippen molar-refractivity contribution >= 4 is 28.6 Å². The van der Waals surface area contributed by atoms with Gasteiger partial charge in [-0.3, -0.25) is 0 Å². The van der Waals surface area contributed by atoms with Gasteiger partial charge in [0, 0.05) is 16.7 Å². The van der Waals surface area contributed by atoms with Gasteiger partial charge in [0.1, 0.15) is 12.4 Å². The van der Waals surface area contributed by atoms with E-state index in [9.17, 15) is 4.79 Å². The molecule has 0 bridgehead atoms. The summed E-state index contributed by atoms with van der Waals surface area (Å²) in [7, 11) is 0. The molecule has 1 fully saturated rings. The summed E-state index contributed by atoms with van der Waals surface area (Å²) in [6.45, 7) is 2.68. The number of halogens is 1. The van der Waals surface area contributed by atoms with Crippen LogP contribution in [0.1, 0.15) is 0 Å². The molecule has 0 spiro atoms. The van der Waals surface area contributed by atoms with Gasteiger partial charge >= 0.3 is 6.03 Å². The number of hydrogen-bond donors (Lipinski definition) is 1. The first-order chi connectivity index (χ1) is 7.75. The average Bonchev–Trinajstić information content (AvgIpc) is 2.65. The monoisotopic (exact) mass is 332 g/mol. The van der Waals surface area contributed by atoms with E-state index in [2.05, 4.69) is 27.9 Å². The summed E-state index contributed by atoms with van der Waals surface area (Å²) in [4.78, 5) is 13.0. The largest absolute Gasteiger partial charge is 0.492 e. The summed E-state index contributed by atoms with van der Waals surface area (Å²) in [5.41, 5.74) is 0. The highest BCUT2D eigenvalue weighted by Crippen LogP contribution is 2.14. The average molecular weight is 332 g/mol. The van der Waals surface area contributed by atoms with Crippen LogP contribution in [0.15, 0.2) is 24.3 Å². The van der Waals surface area contributed by atoms with Crippen LogP contribution in [0.5, 0.6) is 5.75 Å². The van der Waals surface area contributed by atoms with E-state index < -0.39 is 0 Å². The number of ether oxygens (including phenoxy) is 1. The molecule has 0 saturated carbocycles. The van der Waals surface area contributed by atoms with Crippen LogP contribution in [-0.4, -0.2) is 37.2 Å². The van der Waals surface area contributed by atoms with E-state index in [0.29, 0.717) is 13.2 Å². The van der Waals surface area contributed by atoms with Crippen LogP contribution in [0.25, 0.3) is 0 Å². The summed E-state index contributed by atoms with van der Waals surface area (Å²) in [6, 6.07) is 7.88. The predicted octanol–water partition coefficient (Wildman–Crippen LogP) is 1.70. The minimum atomic E-state index is 0.00578. The van der Waals surface area contributed by atoms with Crippen molar-refractivity contribution < 1.29 is 9.53 Å². The van der Waals surface area contributed by atoms with Gasteiger partial charge in [0.15, 0.2) is 0 Å². The van der Waals surface area contributed by atoms with Crippen molar-refractivity contribution in [2.45, 2.75) is 0 Å². The topological polar surface area (TPSA) is 41.6 Å². The molecule has 2 amide bonds. The van der Waals surface area contributed by atoms with Gasteiger partial charge in [-0.2, -0.15) is 0 Å². The van der Waals surface area contributed by atoms with Crippen molar-refractivity contribution in [1.82, 2.24) is 10.2 Å². The minimum absolute atomic E-state index is 0.00578. The number of carbonyl (C=O) groups excluding carboxylic acids is 1. The predicted molar refractivity (Wildman–Crippen MR) is 69.6 cm³/mol. The second-order valence-corrected chi connectivity index (χ2v) is 4.77. The Morgan fingerprint density at radius 3 is 3.06 bits per heavy atom. The molecule has 0 aromatic heterocycles. The lowest BCUT2D eigenvalue weighted by Crippen LogP contribution is -2.31. The molecule has 1 heterocycles. The first kappa shape index (κ1) is 11.5. The highest BCUT2D eigenvalue weighted by Gasteiger charge is 2.18. The van der Waals surface area contributed by atoms with E-state index in [-0.39, 0.29) is 6.03 Å². The Hall–Kier alpha value is -0.980. The van der Waals surface area contributed by atoms with Crippen molar-refractivity contribution in [3.8, 4) is 5.75 Å². The molecule has 16 heavy (non-hydrogen) atoms. The van der Waals surface area contributed by atoms with E-state index in [1.54, 1.807) is 4.90 Å². The second-order valence-electron chi connectivity index (χ2n) is 3.52. The Morgan fingerprint density at radius 1 is 1.50 bits per heavy atom. The van der Waals surface area contributed by atoms with E-state index in [1.165, 1.54) is 0 Å². The van der Waals surface area contributed by atoms with Crippen LogP contribution >= 0.6 is 22.6 Å². The fourth-order valence-electron chi connectivity index (χ4n) is 1.55. The molecule has 1 aliphatic heterocycles. The van der Waals surface area contributed by atoms with Crippen LogP contribution in [0.2, 0.25) is 0 Å². The molecule has 5 heteroatoms. The van der Waals surface area contributed by atoms with Gasteiger partial charge in [-0.25, -0.2) is 4.79 Å². The molecule has 4 nitrogen and oxygen atoms in total. The zero-order valence-corrected chi connectivity index (χ0v) is 10.9. The molecular weight excluding hydrogens is 319 g/mol. The lowest BCUT2D eigenvalue weighted by Gasteiger charge is -2.14. The SMILES string of the molecule is O=C1NCCN1CCOc1cccc(I)c1. The van der Waals surface area contributed by atoms with E-state index in [1.807, 2.05) is 24.3 Å². The zero-order valence-electron chi connectivity index (χ0n) is 8.78. The van der Waals surface area contributed by atoms with Gasteiger partial charge in [0.05, 0.1) is 6.54 Å². The Kier molecular flexibility index (Phi) is 3.87. The minimum Gasteiger partial charge on any atom is -0.492 e. The molecule has 1 aromatic carbocycles. The standard InChI is InChI=1S/C11H13IN2O2/c12-9-2-1-3-10(8-9)16-7-6-14-5-4-13-11(14)15/h1-3,8H,4-7H2,(H,13,15). The Balaban J connectivity index is 1.77. The quantitative estimate of drug-likeness (QED) is 0.853. The maximum Gasteiger partial charge on any atom is 0.317 e. The molecule has 1 N–H and O–H groups in total. The van der Waals surface area contributed by atoms with Crippen molar-refractivity contribution in [3.05, 3.63) is 27.8 Å². The Morgan fingerprint density at radius 2 is 2.38 bits per heavy atom. The summed E-state index contributed by atoms with van der Waals surface area (Å²) in [5.74, 6) is 0.853. The molecular formula is C11H13IN2O2. The van der Waals surface area contributed by atoms with Crippen molar-refractivity contribution in [2.75, 3.05) is 26.2 Å². The molecule has 0 unspecified atom stereocenters. The maximum absolute atomic E-state index is 11.2. The molecule has 0 aliphatic carbocycles. The molecule has 1 aromatic rings. The highest BCUT2D eigenvalue weighted by molar-refractivity contribution is 14.1. The number of amides is 2. The molecule has 2 rings (SSSR count). The van der Waals surface area contributed by atoms with E-state index in [0.717, 1.165) is 22.4 Å². The van der Waals surface area contributed by atoms with Gasteiger partial charge < -0.3 is 15.0 Å². The number of urea groups is 1. The maximum atomic E-state index is 11.2. The molecule has 1 saturated heterocycles. The number of carbonyl (C=O) groups is 1. The molecule has 86 valence electrons. The zero-order chi connectivity index (χ0) is 11.4. The van der Waals surface area contributed by atoms with E-state index >= 15 is 0 Å². The first-order valence-electron chi connectivity index (χ1n) is 5.17. The molecule has 1 aliphatic rings. The summed E-state index contributed by atoms with van der Waals surface area (Å²) in [5, 5.41) is 2.76. The van der Waals surface area contributed by atoms with Gasteiger partial charge in [-0.1, -0.05) is 6.07 Å². The van der Waals surface area contributed by atoms with Crippen LogP contribution in [0, 0.1) is 3.57 Å². The first-order valence-corrected chi connectivity index (χ1v) is 6.25. The second kappa shape index (κ2) is 5.38. The fourth-order valence-corrected chi connectivity index (χ4v) is 2.07. The summed E-state index contributed by atoms with van der Waals surface area (Å²) >= 11 is 2.24. The van der Waals surface area contributed by atoms with Crippen LogP contribution < -0.4 is 10.1 Å². The number of benzene rings is 1. The smallest absolute Gasteiger partial charge is 0.317 e. The number of nitrogens with one attached hydrogen (secondary N) is 1. The van der Waals surface area contributed by atoms with Crippen LogP contribution in [0.4, 0.5) is 4.79 Å². The van der Waals surface area contributed by atoms with Crippen LogP contribution in [-0.2, 0) is 0 Å². The highest BCUT2D eigenvalue weighted by atomic mass is 127. The third-order valence-corrected chi connectivity index (χ3v) is 3.04. The number of rotatable bonds is 4. The lowest BCUT2D eigenvalue weighted by atomic mass is 10.3. The Labute approximate surface area is 108 Å². The van der Waals surface area contributed by atoms with Gasteiger partial charge in [0.25, 0.3) is 0 Å². The lowest BCUT2D eigenvalue weighted by molar-refractivity contribution is 0.202. The van der Waals surface area contributed by atoms with Crippen molar-refractivity contribution in [1.29, 1.82) is 0 Å². The van der Waals surface area contributed by atoms with Crippen molar-refractivity contribution in [3.63, 3.8) is 0 Å². The summed E-state index contributed by atoms with van der Waals surface area (Å²) < 4.78 is 6.72. The van der Waals surface area contributed by atoms with Gasteiger partial charge in [-0.15, -0.1) is 0 Å². The fraction of sp³-hybridized carbons (Fsp3) is 0.364.